The van der Waals surface area contributed by atoms with E-state index in [2.05, 4.69) is 0 Å². The Morgan fingerprint density at radius 3 is 2.59 bits per heavy atom. The number of methoxy groups -OCH3 is 1. The number of benzene rings is 1. The zero-order valence-electron chi connectivity index (χ0n) is 10.3. The minimum atomic E-state index is -0.763. The van der Waals surface area contributed by atoms with Crippen LogP contribution in [0.4, 0.5) is 8.78 Å². The molecule has 17 heavy (non-hydrogen) atoms. The van der Waals surface area contributed by atoms with E-state index in [9.17, 15) is 13.9 Å². The van der Waals surface area contributed by atoms with Crippen LogP contribution < -0.4 is 0 Å². The second-order valence-corrected chi connectivity index (χ2v) is 4.76. The third kappa shape index (κ3) is 4.40. The maximum absolute atomic E-state index is 13.3. The molecular weight excluding hydrogens is 226 g/mol. The highest BCUT2D eigenvalue weighted by atomic mass is 19.1. The van der Waals surface area contributed by atoms with Gasteiger partial charge in [-0.05, 0) is 37.6 Å². The summed E-state index contributed by atoms with van der Waals surface area (Å²) in [6.07, 6.45) is -0.322. The molecule has 1 atom stereocenters. The van der Waals surface area contributed by atoms with Gasteiger partial charge < -0.3 is 9.84 Å². The molecule has 0 bridgehead atoms. The summed E-state index contributed by atoms with van der Waals surface area (Å²) in [6.45, 7) is 3.66. The van der Waals surface area contributed by atoms with Crippen LogP contribution in [0.3, 0.4) is 0 Å². The highest BCUT2D eigenvalue weighted by molar-refractivity contribution is 5.19. The topological polar surface area (TPSA) is 29.5 Å². The quantitative estimate of drug-likeness (QED) is 0.863. The molecule has 96 valence electrons. The molecule has 1 aromatic carbocycles. The van der Waals surface area contributed by atoms with Gasteiger partial charge in [-0.15, -0.1) is 0 Å². The molecule has 0 aliphatic heterocycles. The average Bonchev–Trinajstić information content (AvgIpc) is 2.23. The first-order valence-electron chi connectivity index (χ1n) is 5.51. The monoisotopic (exact) mass is 244 g/mol. The molecule has 0 aromatic heterocycles. The summed E-state index contributed by atoms with van der Waals surface area (Å²) in [7, 11) is 1.55. The zero-order valence-corrected chi connectivity index (χ0v) is 10.3. The Hall–Kier alpha value is -1.00. The number of hydrogen-bond acceptors (Lipinski definition) is 2. The van der Waals surface area contributed by atoms with Crippen LogP contribution in [-0.4, -0.2) is 23.9 Å². The average molecular weight is 244 g/mol. The van der Waals surface area contributed by atoms with E-state index in [1.165, 1.54) is 0 Å². The normalized spacial score (nSPS) is 13.8. The number of rotatable bonds is 5. The maximum Gasteiger partial charge on any atom is 0.126 e. The van der Waals surface area contributed by atoms with E-state index < -0.39 is 23.3 Å². The van der Waals surface area contributed by atoms with Gasteiger partial charge in [0.25, 0.3) is 0 Å². The zero-order chi connectivity index (χ0) is 13.1. The van der Waals surface area contributed by atoms with Crippen molar-refractivity contribution < 1.29 is 18.6 Å². The van der Waals surface area contributed by atoms with Gasteiger partial charge in [-0.3, -0.25) is 0 Å². The van der Waals surface area contributed by atoms with Gasteiger partial charge in [-0.25, -0.2) is 8.78 Å². The summed E-state index contributed by atoms with van der Waals surface area (Å²) in [6, 6.07) is 3.24. The molecule has 0 saturated heterocycles. The molecule has 2 nitrogen and oxygen atoms in total. The molecule has 1 N–H and O–H groups in total. The first-order valence-corrected chi connectivity index (χ1v) is 5.51. The van der Waals surface area contributed by atoms with Crippen LogP contribution >= 0.6 is 0 Å². The Bertz CT molecular complexity index is 378. The molecule has 0 saturated carbocycles. The van der Waals surface area contributed by atoms with Crippen LogP contribution in [0.5, 0.6) is 0 Å². The van der Waals surface area contributed by atoms with E-state index in [1.54, 1.807) is 7.11 Å². The fraction of sp³-hybridized carbons (Fsp3) is 0.538. The van der Waals surface area contributed by atoms with Crippen molar-refractivity contribution in [1.29, 1.82) is 0 Å². The third-order valence-corrected chi connectivity index (χ3v) is 2.74. The van der Waals surface area contributed by atoms with Gasteiger partial charge in [-0.2, -0.15) is 0 Å². The second kappa shape index (κ2) is 5.56. The SMILES string of the molecule is COC(C)(C)CC(O)Cc1cc(F)ccc1F. The van der Waals surface area contributed by atoms with Crippen LogP contribution in [0.15, 0.2) is 18.2 Å². The number of ether oxygens (including phenoxy) is 1. The standard InChI is InChI=1S/C13H18F2O2/c1-13(2,17-3)8-11(16)7-9-6-10(14)4-5-12(9)15/h4-6,11,16H,7-8H2,1-3H3. The summed E-state index contributed by atoms with van der Waals surface area (Å²) >= 11 is 0. The number of hydrogen-bond donors (Lipinski definition) is 1. The Morgan fingerprint density at radius 2 is 2.00 bits per heavy atom. The smallest absolute Gasteiger partial charge is 0.126 e. The van der Waals surface area contributed by atoms with Gasteiger partial charge in [0.15, 0.2) is 0 Å². The predicted molar refractivity (Wildman–Crippen MR) is 61.8 cm³/mol. The maximum atomic E-state index is 13.3. The molecule has 1 aromatic rings. The van der Waals surface area contributed by atoms with Crippen molar-refractivity contribution in [2.75, 3.05) is 7.11 Å². The van der Waals surface area contributed by atoms with Crippen LogP contribution in [-0.2, 0) is 11.2 Å². The van der Waals surface area contributed by atoms with Crippen molar-refractivity contribution in [1.82, 2.24) is 0 Å². The number of aliphatic hydroxyl groups excluding tert-OH is 1. The van der Waals surface area contributed by atoms with Gasteiger partial charge in [0.05, 0.1) is 11.7 Å². The van der Waals surface area contributed by atoms with Crippen molar-refractivity contribution in [2.45, 2.75) is 38.4 Å². The van der Waals surface area contributed by atoms with Gasteiger partial charge in [-0.1, -0.05) is 0 Å². The van der Waals surface area contributed by atoms with Crippen LogP contribution in [0, 0.1) is 11.6 Å². The molecule has 0 aliphatic rings. The summed E-state index contributed by atoms with van der Waals surface area (Å²) in [5.41, 5.74) is -0.298. The van der Waals surface area contributed by atoms with Gasteiger partial charge in [0, 0.05) is 20.0 Å². The Morgan fingerprint density at radius 1 is 1.35 bits per heavy atom. The summed E-state index contributed by atoms with van der Waals surface area (Å²) in [5, 5.41) is 9.82. The molecule has 1 unspecified atom stereocenters. The Kier molecular flexibility index (Phi) is 4.60. The Labute approximate surface area is 100 Å². The second-order valence-electron chi connectivity index (χ2n) is 4.76. The lowest BCUT2D eigenvalue weighted by Gasteiger charge is -2.25. The molecule has 0 radical (unpaired) electrons. The Balaban J connectivity index is 2.68. The molecule has 0 fully saturated rings. The fourth-order valence-corrected chi connectivity index (χ4v) is 1.68. The minimum absolute atomic E-state index is 0.0797. The largest absolute Gasteiger partial charge is 0.393 e. The molecule has 0 amide bonds. The molecule has 0 aliphatic carbocycles. The highest BCUT2D eigenvalue weighted by Crippen LogP contribution is 2.19. The lowest BCUT2D eigenvalue weighted by Crippen LogP contribution is -2.30. The molecule has 0 heterocycles. The minimum Gasteiger partial charge on any atom is -0.393 e. The van der Waals surface area contributed by atoms with Gasteiger partial charge in [0.2, 0.25) is 0 Å². The third-order valence-electron chi connectivity index (χ3n) is 2.74. The van der Waals surface area contributed by atoms with Crippen molar-refractivity contribution in [3.63, 3.8) is 0 Å². The van der Waals surface area contributed by atoms with Crippen molar-refractivity contribution in [3.8, 4) is 0 Å². The van der Waals surface area contributed by atoms with Crippen LogP contribution in [0.25, 0.3) is 0 Å². The molecular formula is C13H18F2O2. The lowest BCUT2D eigenvalue weighted by molar-refractivity contribution is -0.0192. The van der Waals surface area contributed by atoms with Crippen LogP contribution in [0.1, 0.15) is 25.8 Å². The molecule has 1 rings (SSSR count). The fourth-order valence-electron chi connectivity index (χ4n) is 1.68. The molecule has 0 spiro atoms. The van der Waals surface area contributed by atoms with E-state index in [-0.39, 0.29) is 12.0 Å². The van der Waals surface area contributed by atoms with Crippen LogP contribution in [0.2, 0.25) is 0 Å². The number of aliphatic hydroxyl groups is 1. The van der Waals surface area contributed by atoms with Crippen molar-refractivity contribution >= 4 is 0 Å². The van der Waals surface area contributed by atoms with E-state index in [0.717, 1.165) is 18.2 Å². The van der Waals surface area contributed by atoms with Crippen molar-refractivity contribution in [3.05, 3.63) is 35.4 Å². The highest BCUT2D eigenvalue weighted by Gasteiger charge is 2.22. The van der Waals surface area contributed by atoms with E-state index >= 15 is 0 Å². The van der Waals surface area contributed by atoms with Gasteiger partial charge >= 0.3 is 0 Å². The van der Waals surface area contributed by atoms with E-state index in [1.807, 2.05) is 13.8 Å². The first kappa shape index (κ1) is 14.1. The summed E-state index contributed by atoms with van der Waals surface area (Å²) in [5.74, 6) is -1.000. The predicted octanol–water partition coefficient (Wildman–Crippen LogP) is 2.68. The van der Waals surface area contributed by atoms with E-state index in [4.69, 9.17) is 4.74 Å². The number of halogens is 2. The van der Waals surface area contributed by atoms with E-state index in [0.29, 0.717) is 6.42 Å². The lowest BCUT2D eigenvalue weighted by atomic mass is 9.96. The summed E-state index contributed by atoms with van der Waals surface area (Å²) in [4.78, 5) is 0. The first-order chi connectivity index (χ1) is 7.84. The van der Waals surface area contributed by atoms with Gasteiger partial charge in [0.1, 0.15) is 11.6 Å². The summed E-state index contributed by atoms with van der Waals surface area (Å²) < 4.78 is 31.4. The molecule has 4 heteroatoms. The van der Waals surface area contributed by atoms with Crippen molar-refractivity contribution in [2.24, 2.45) is 0 Å².